The van der Waals surface area contributed by atoms with Crippen LogP contribution in [0.2, 0.25) is 0 Å². The molecule has 1 amide bonds. The topological polar surface area (TPSA) is 150 Å². The van der Waals surface area contributed by atoms with Gasteiger partial charge < -0.3 is 15.2 Å². The Morgan fingerprint density at radius 1 is 0.860 bits per heavy atom. The van der Waals surface area contributed by atoms with Gasteiger partial charge in [-0.25, -0.2) is 17.1 Å². The van der Waals surface area contributed by atoms with Gasteiger partial charge in [0.15, 0.2) is 0 Å². The minimum Gasteiger partial charge on any atom is -0.506 e. The number of carbonyl (C=O) groups excluding carboxylic acids is 1. The maximum Gasteiger partial charge on any atom is 0.501 e. The van der Waals surface area contributed by atoms with Gasteiger partial charge in [-0.05, 0) is 84.4 Å². The van der Waals surface area contributed by atoms with Crippen molar-refractivity contribution < 1.29 is 53.6 Å². The number of benzene rings is 4. The smallest absolute Gasteiger partial charge is 0.501 e. The predicted molar refractivity (Wildman–Crippen MR) is 147 cm³/mol. The molecule has 0 radical (unpaired) electrons. The first kappa shape index (κ1) is 31.3. The molecule has 0 saturated carbocycles. The Kier molecular flexibility index (Phi) is 8.66. The fourth-order valence-corrected chi connectivity index (χ4v) is 5.25. The number of carbonyl (C=O) groups is 1. The molecule has 0 saturated heterocycles. The number of ether oxygens (including phenoxy) is 1. The summed E-state index contributed by atoms with van der Waals surface area (Å²) < 4.78 is 114. The molecule has 4 rings (SSSR count). The van der Waals surface area contributed by atoms with Crippen LogP contribution >= 0.6 is 0 Å². The van der Waals surface area contributed by atoms with E-state index in [0.29, 0.717) is 9.87 Å². The summed E-state index contributed by atoms with van der Waals surface area (Å²) >= 11 is 0. The molecule has 0 aromatic heterocycles. The lowest BCUT2D eigenvalue weighted by atomic mass is 10.2. The molecular formula is C27H20F4N2O8S2. The highest BCUT2D eigenvalue weighted by Crippen LogP contribution is 2.37. The Morgan fingerprint density at radius 3 is 2.02 bits per heavy atom. The molecule has 0 bridgehead atoms. The Morgan fingerprint density at radius 2 is 1.47 bits per heavy atom. The van der Waals surface area contributed by atoms with Crippen molar-refractivity contribution in [2.45, 2.75) is 17.0 Å². The second-order valence-corrected chi connectivity index (χ2v) is 12.0. The molecule has 0 spiro atoms. The van der Waals surface area contributed by atoms with Crippen molar-refractivity contribution >= 4 is 43.1 Å². The quantitative estimate of drug-likeness (QED) is 0.122. The van der Waals surface area contributed by atoms with Gasteiger partial charge in [-0.15, -0.1) is 0 Å². The van der Waals surface area contributed by atoms with Crippen molar-refractivity contribution in [2.75, 3.05) is 9.62 Å². The number of sulfone groups is 1. The molecule has 16 heteroatoms. The lowest BCUT2D eigenvalue weighted by Gasteiger charge is -2.22. The third kappa shape index (κ3) is 7.22. The van der Waals surface area contributed by atoms with Gasteiger partial charge in [-0.1, -0.05) is 12.1 Å². The molecule has 0 aliphatic rings. The minimum atomic E-state index is -5.47. The highest BCUT2D eigenvalue weighted by atomic mass is 32.2. The standard InChI is InChI=1S/C27H20F4N2O8S2/c28-19-5-8-21(9-6-19)33(43(38,39)40)24-15-20(7-14-25(24)34)32-26(35)18-3-10-22(11-4-18)41-16-17-1-12-23(13-2-17)42(36,37)27(29,30)31/h1-15,34H,16H2,(H,32,35)(H,38,39,40). The van der Waals surface area contributed by atoms with Gasteiger partial charge in [-0.3, -0.25) is 9.35 Å². The van der Waals surface area contributed by atoms with E-state index in [1.807, 2.05) is 0 Å². The third-order valence-electron chi connectivity index (χ3n) is 5.80. The number of amides is 1. The van der Waals surface area contributed by atoms with Crippen LogP contribution in [0.15, 0.2) is 95.9 Å². The van der Waals surface area contributed by atoms with E-state index < -0.39 is 53.7 Å². The molecule has 43 heavy (non-hydrogen) atoms. The first-order valence-electron chi connectivity index (χ1n) is 11.9. The zero-order valence-electron chi connectivity index (χ0n) is 21.5. The lowest BCUT2D eigenvalue weighted by Crippen LogP contribution is -2.25. The Labute approximate surface area is 242 Å². The summed E-state index contributed by atoms with van der Waals surface area (Å²) in [5.74, 6) is -1.61. The molecule has 4 aromatic rings. The number of hydrogen-bond donors (Lipinski definition) is 3. The monoisotopic (exact) mass is 640 g/mol. The summed E-state index contributed by atoms with van der Waals surface area (Å²) in [7, 11) is -10.5. The van der Waals surface area contributed by atoms with Crippen molar-refractivity contribution in [3.63, 3.8) is 0 Å². The van der Waals surface area contributed by atoms with E-state index in [-0.39, 0.29) is 29.3 Å². The fraction of sp³-hybridized carbons (Fsp3) is 0.0741. The van der Waals surface area contributed by atoms with E-state index in [1.54, 1.807) is 0 Å². The van der Waals surface area contributed by atoms with Crippen molar-refractivity contribution in [3.05, 3.63) is 108 Å². The average Bonchev–Trinajstić information content (AvgIpc) is 2.94. The van der Waals surface area contributed by atoms with Crippen molar-refractivity contribution in [1.29, 1.82) is 0 Å². The zero-order valence-corrected chi connectivity index (χ0v) is 23.1. The number of alkyl halides is 3. The van der Waals surface area contributed by atoms with Crippen molar-refractivity contribution in [1.82, 2.24) is 0 Å². The van der Waals surface area contributed by atoms with Gasteiger partial charge in [0.05, 0.1) is 10.6 Å². The molecule has 3 N–H and O–H groups in total. The van der Waals surface area contributed by atoms with Gasteiger partial charge in [0.25, 0.3) is 15.7 Å². The molecule has 0 unspecified atom stereocenters. The third-order valence-corrected chi connectivity index (χ3v) is 8.18. The Bertz CT molecular complexity index is 1850. The van der Waals surface area contributed by atoms with Crippen LogP contribution in [0.4, 0.5) is 34.6 Å². The molecular weight excluding hydrogens is 620 g/mol. The molecule has 226 valence electrons. The van der Waals surface area contributed by atoms with Crippen LogP contribution in [0.3, 0.4) is 0 Å². The van der Waals surface area contributed by atoms with Crippen LogP contribution in [-0.2, 0) is 26.7 Å². The van der Waals surface area contributed by atoms with E-state index in [9.17, 15) is 48.9 Å². The van der Waals surface area contributed by atoms with Crippen LogP contribution in [0.25, 0.3) is 0 Å². The van der Waals surface area contributed by atoms with Crippen molar-refractivity contribution in [2.24, 2.45) is 0 Å². The predicted octanol–water partition coefficient (Wildman–Crippen LogP) is 5.60. The molecule has 4 aromatic carbocycles. The zero-order chi connectivity index (χ0) is 31.6. The largest absolute Gasteiger partial charge is 0.506 e. The SMILES string of the molecule is O=C(Nc1ccc(O)c(N(c2ccc(F)cc2)S(=O)(=O)O)c1)c1ccc(OCc2ccc(S(=O)(=O)C(F)(F)F)cc2)cc1. The van der Waals surface area contributed by atoms with E-state index in [1.165, 1.54) is 42.5 Å². The first-order valence-corrected chi connectivity index (χ1v) is 14.7. The van der Waals surface area contributed by atoms with E-state index in [4.69, 9.17) is 4.74 Å². The normalized spacial score (nSPS) is 12.0. The average molecular weight is 641 g/mol. The number of anilines is 3. The number of halogens is 4. The van der Waals surface area contributed by atoms with Gasteiger partial charge >= 0.3 is 15.8 Å². The highest BCUT2D eigenvalue weighted by Gasteiger charge is 2.46. The highest BCUT2D eigenvalue weighted by molar-refractivity contribution is 7.92. The summed E-state index contributed by atoms with van der Waals surface area (Å²) in [6, 6.07) is 17.0. The molecule has 10 nitrogen and oxygen atoms in total. The Hall–Kier alpha value is -4.67. The number of rotatable bonds is 9. The van der Waals surface area contributed by atoms with E-state index in [2.05, 4.69) is 5.32 Å². The number of phenolic OH excluding ortho intramolecular Hbond substituents is 1. The number of nitrogens with zero attached hydrogens (tertiary/aromatic N) is 1. The van der Waals surface area contributed by atoms with Crippen molar-refractivity contribution in [3.8, 4) is 11.5 Å². The van der Waals surface area contributed by atoms with Crippen LogP contribution in [-0.4, -0.2) is 37.9 Å². The van der Waals surface area contributed by atoms with Gasteiger partial charge in [0.1, 0.15) is 29.6 Å². The molecule has 0 aliphatic carbocycles. The Balaban J connectivity index is 1.44. The maximum absolute atomic E-state index is 13.3. The van der Waals surface area contributed by atoms with E-state index >= 15 is 0 Å². The summed E-state index contributed by atoms with van der Waals surface area (Å²) in [5.41, 5.74) is -5.50. The molecule has 0 atom stereocenters. The minimum absolute atomic E-state index is 0.0323. The number of aromatic hydroxyl groups is 1. The summed E-state index contributed by atoms with van der Waals surface area (Å²) in [6.45, 7) is -0.119. The van der Waals surface area contributed by atoms with Crippen LogP contribution in [0.1, 0.15) is 15.9 Å². The molecule has 0 aliphatic heterocycles. The fourth-order valence-electron chi connectivity index (χ4n) is 3.71. The molecule has 0 heterocycles. The van der Waals surface area contributed by atoms with Gasteiger partial charge in [-0.2, -0.15) is 21.6 Å². The van der Waals surface area contributed by atoms with Crippen LogP contribution in [0, 0.1) is 5.82 Å². The maximum atomic E-state index is 13.3. The summed E-state index contributed by atoms with van der Waals surface area (Å²) in [5, 5.41) is 12.8. The van der Waals surface area contributed by atoms with Crippen LogP contribution in [0.5, 0.6) is 11.5 Å². The number of phenols is 1. The van der Waals surface area contributed by atoms with Crippen LogP contribution < -0.4 is 14.4 Å². The number of nitrogens with one attached hydrogen (secondary N) is 1. The van der Waals surface area contributed by atoms with Gasteiger partial charge in [0.2, 0.25) is 0 Å². The number of hydrogen-bond acceptors (Lipinski definition) is 7. The summed E-state index contributed by atoms with van der Waals surface area (Å²) in [4.78, 5) is 11.9. The summed E-state index contributed by atoms with van der Waals surface area (Å²) in [6.07, 6.45) is 0. The molecule has 0 fully saturated rings. The van der Waals surface area contributed by atoms with Gasteiger partial charge in [0, 0.05) is 11.3 Å². The van der Waals surface area contributed by atoms with E-state index in [0.717, 1.165) is 48.5 Å². The second kappa shape index (κ2) is 11.9. The lowest BCUT2D eigenvalue weighted by molar-refractivity contribution is -0.0436. The first-order chi connectivity index (χ1) is 20.1. The second-order valence-electron chi connectivity index (χ2n) is 8.78.